The van der Waals surface area contributed by atoms with E-state index in [1.54, 1.807) is 11.1 Å². The second kappa shape index (κ2) is 8.06. The molecule has 1 unspecified atom stereocenters. The van der Waals surface area contributed by atoms with Gasteiger partial charge in [-0.1, -0.05) is 12.6 Å². The smallest absolute Gasteiger partial charge is 0.246 e. The highest BCUT2D eigenvalue weighted by Gasteiger charge is 2.26. The number of nitrogens with zero attached hydrogens (tertiary/aromatic N) is 4. The van der Waals surface area contributed by atoms with Crippen molar-refractivity contribution >= 4 is 23.5 Å². The zero-order valence-corrected chi connectivity index (χ0v) is 16.6. The van der Waals surface area contributed by atoms with Crippen molar-refractivity contribution in [3.05, 3.63) is 48.3 Å². The third kappa shape index (κ3) is 4.31. The lowest BCUT2D eigenvalue weighted by atomic mass is 10.0. The number of anilines is 2. The van der Waals surface area contributed by atoms with Gasteiger partial charge in [0.05, 0.1) is 5.92 Å². The van der Waals surface area contributed by atoms with Gasteiger partial charge < -0.3 is 15.1 Å². The van der Waals surface area contributed by atoms with Crippen LogP contribution in [0.5, 0.6) is 0 Å². The van der Waals surface area contributed by atoms with Crippen molar-refractivity contribution in [2.45, 2.75) is 31.6 Å². The molecule has 2 aromatic heterocycles. The summed E-state index contributed by atoms with van der Waals surface area (Å²) in [4.78, 5) is 32.7. The van der Waals surface area contributed by atoms with Gasteiger partial charge in [-0.25, -0.2) is 4.98 Å². The van der Waals surface area contributed by atoms with E-state index < -0.39 is 0 Å². The van der Waals surface area contributed by atoms with E-state index in [2.05, 4.69) is 32.0 Å². The minimum Gasteiger partial charge on any atom is -0.353 e. The Morgan fingerprint density at radius 1 is 1.28 bits per heavy atom. The molecule has 2 aromatic rings. The number of amides is 2. The van der Waals surface area contributed by atoms with Crippen LogP contribution in [-0.2, 0) is 9.59 Å². The van der Waals surface area contributed by atoms with Gasteiger partial charge in [-0.3, -0.25) is 14.7 Å². The number of hydrogen-bond donors (Lipinski definition) is 2. The van der Waals surface area contributed by atoms with E-state index in [1.807, 2.05) is 25.1 Å². The minimum atomic E-state index is -0.334. The molecule has 1 saturated heterocycles. The Morgan fingerprint density at radius 2 is 2.03 bits per heavy atom. The van der Waals surface area contributed by atoms with E-state index in [1.165, 1.54) is 18.9 Å². The third-order valence-electron chi connectivity index (χ3n) is 5.62. The molecule has 4 rings (SSSR count). The molecule has 1 saturated carbocycles. The van der Waals surface area contributed by atoms with Gasteiger partial charge in [0.15, 0.2) is 5.82 Å². The van der Waals surface area contributed by atoms with Gasteiger partial charge >= 0.3 is 0 Å². The SMILES string of the molecule is C=CC(=O)N1CCN(c2ccc(C(C)C(=O)Nc3cc(C4CC4)[nH]n3)cn2)CC1. The number of rotatable bonds is 6. The molecule has 2 amide bonds. The topological polar surface area (TPSA) is 94.2 Å². The summed E-state index contributed by atoms with van der Waals surface area (Å²) in [5, 5.41) is 10.1. The molecule has 2 aliphatic rings. The molecule has 1 aliphatic heterocycles. The van der Waals surface area contributed by atoms with Crippen molar-refractivity contribution in [3.63, 3.8) is 0 Å². The maximum atomic E-state index is 12.6. The first-order chi connectivity index (χ1) is 14.0. The molecular weight excluding hydrogens is 368 g/mol. The van der Waals surface area contributed by atoms with Crippen molar-refractivity contribution < 1.29 is 9.59 Å². The number of carbonyl (C=O) groups is 2. The largest absolute Gasteiger partial charge is 0.353 e. The monoisotopic (exact) mass is 394 g/mol. The average molecular weight is 394 g/mol. The predicted octanol–water partition coefficient (Wildman–Crippen LogP) is 2.26. The molecule has 152 valence electrons. The van der Waals surface area contributed by atoms with Crippen LogP contribution in [0, 0.1) is 0 Å². The lowest BCUT2D eigenvalue weighted by Gasteiger charge is -2.35. The summed E-state index contributed by atoms with van der Waals surface area (Å²) in [6.45, 7) is 8.16. The van der Waals surface area contributed by atoms with E-state index >= 15 is 0 Å². The molecule has 0 bridgehead atoms. The van der Waals surface area contributed by atoms with Gasteiger partial charge in [0.1, 0.15) is 5.82 Å². The van der Waals surface area contributed by atoms with Crippen LogP contribution in [0.15, 0.2) is 37.1 Å². The van der Waals surface area contributed by atoms with Crippen molar-refractivity contribution in [1.29, 1.82) is 0 Å². The molecular formula is C21H26N6O2. The van der Waals surface area contributed by atoms with E-state index in [0.29, 0.717) is 24.8 Å². The van der Waals surface area contributed by atoms with Crippen LogP contribution in [0.3, 0.4) is 0 Å². The van der Waals surface area contributed by atoms with Crippen molar-refractivity contribution in [2.24, 2.45) is 0 Å². The molecule has 3 heterocycles. The first kappa shape index (κ1) is 19.2. The molecule has 0 aromatic carbocycles. The summed E-state index contributed by atoms with van der Waals surface area (Å²) in [6.07, 6.45) is 5.47. The van der Waals surface area contributed by atoms with Crippen LogP contribution in [-0.4, -0.2) is 58.1 Å². The van der Waals surface area contributed by atoms with Gasteiger partial charge in [-0.15, -0.1) is 0 Å². The highest BCUT2D eigenvalue weighted by molar-refractivity contribution is 5.94. The highest BCUT2D eigenvalue weighted by atomic mass is 16.2. The van der Waals surface area contributed by atoms with Crippen molar-refractivity contribution in [2.75, 3.05) is 36.4 Å². The molecule has 1 aliphatic carbocycles. The van der Waals surface area contributed by atoms with Gasteiger partial charge in [-0.05, 0) is 37.5 Å². The fraction of sp³-hybridized carbons (Fsp3) is 0.429. The first-order valence-electron chi connectivity index (χ1n) is 10.0. The van der Waals surface area contributed by atoms with Crippen molar-refractivity contribution in [1.82, 2.24) is 20.1 Å². The molecule has 8 heteroatoms. The Balaban J connectivity index is 1.33. The summed E-state index contributed by atoms with van der Waals surface area (Å²) in [5.74, 6) is 1.52. The second-order valence-corrected chi connectivity index (χ2v) is 7.66. The second-order valence-electron chi connectivity index (χ2n) is 7.66. The molecule has 29 heavy (non-hydrogen) atoms. The van der Waals surface area contributed by atoms with Crippen LogP contribution < -0.4 is 10.2 Å². The number of carbonyl (C=O) groups excluding carboxylic acids is 2. The van der Waals surface area contributed by atoms with Gasteiger partial charge in [0.25, 0.3) is 0 Å². The zero-order valence-electron chi connectivity index (χ0n) is 16.6. The zero-order chi connectivity index (χ0) is 20.4. The fourth-order valence-corrected chi connectivity index (χ4v) is 3.52. The predicted molar refractivity (Wildman–Crippen MR) is 111 cm³/mol. The Hall–Kier alpha value is -3.16. The summed E-state index contributed by atoms with van der Waals surface area (Å²) in [5.41, 5.74) is 1.94. The van der Waals surface area contributed by atoms with Crippen LogP contribution in [0.4, 0.5) is 11.6 Å². The molecule has 0 spiro atoms. The number of piperazine rings is 1. The Kier molecular flexibility index (Phi) is 5.33. The lowest BCUT2D eigenvalue weighted by molar-refractivity contribution is -0.126. The van der Waals surface area contributed by atoms with E-state index in [-0.39, 0.29) is 17.7 Å². The molecule has 8 nitrogen and oxygen atoms in total. The van der Waals surface area contributed by atoms with Crippen LogP contribution in [0.25, 0.3) is 0 Å². The number of hydrogen-bond acceptors (Lipinski definition) is 5. The summed E-state index contributed by atoms with van der Waals surface area (Å²) in [6, 6.07) is 5.79. The highest BCUT2D eigenvalue weighted by Crippen LogP contribution is 2.39. The number of pyridine rings is 1. The van der Waals surface area contributed by atoms with Crippen LogP contribution >= 0.6 is 0 Å². The molecule has 1 atom stereocenters. The quantitative estimate of drug-likeness (QED) is 0.733. The van der Waals surface area contributed by atoms with E-state index in [0.717, 1.165) is 30.2 Å². The van der Waals surface area contributed by atoms with Gasteiger partial charge in [0.2, 0.25) is 11.8 Å². The van der Waals surface area contributed by atoms with Crippen molar-refractivity contribution in [3.8, 4) is 0 Å². The third-order valence-corrected chi connectivity index (χ3v) is 5.62. The van der Waals surface area contributed by atoms with Crippen LogP contribution in [0.1, 0.15) is 42.9 Å². The molecule has 2 N–H and O–H groups in total. The standard InChI is InChI=1S/C21H26N6O2/c1-3-20(28)27-10-8-26(9-11-27)19-7-6-16(13-22-19)14(2)21(29)23-18-12-17(24-25-18)15-4-5-15/h3,6-7,12-15H,1,4-5,8-11H2,2H3,(H2,23,24,25,29). The van der Waals surface area contributed by atoms with E-state index in [4.69, 9.17) is 0 Å². The Bertz CT molecular complexity index is 894. The molecule has 2 fully saturated rings. The number of aromatic nitrogens is 3. The maximum absolute atomic E-state index is 12.6. The summed E-state index contributed by atoms with van der Waals surface area (Å²) in [7, 11) is 0. The number of nitrogens with one attached hydrogen (secondary N) is 2. The van der Waals surface area contributed by atoms with Gasteiger partial charge in [-0.2, -0.15) is 5.10 Å². The minimum absolute atomic E-state index is 0.0334. The summed E-state index contributed by atoms with van der Waals surface area (Å²) >= 11 is 0. The Morgan fingerprint density at radius 3 is 2.66 bits per heavy atom. The van der Waals surface area contributed by atoms with E-state index in [9.17, 15) is 9.59 Å². The van der Waals surface area contributed by atoms with Crippen LogP contribution in [0.2, 0.25) is 0 Å². The average Bonchev–Trinajstić information content (AvgIpc) is 3.52. The first-order valence-corrected chi connectivity index (χ1v) is 10.0. The lowest BCUT2D eigenvalue weighted by Crippen LogP contribution is -2.48. The van der Waals surface area contributed by atoms with Gasteiger partial charge in [0, 0.05) is 50.1 Å². The number of H-pyrrole nitrogens is 1. The maximum Gasteiger partial charge on any atom is 0.246 e. The Labute approximate surface area is 170 Å². The summed E-state index contributed by atoms with van der Waals surface area (Å²) < 4.78 is 0. The fourth-order valence-electron chi connectivity index (χ4n) is 3.52. The normalized spacial score (nSPS) is 17.7. The molecule has 0 radical (unpaired) electrons. The number of aromatic amines is 1.